The molecule has 2 atom stereocenters. The van der Waals surface area contributed by atoms with Gasteiger partial charge in [0.2, 0.25) is 0 Å². The summed E-state index contributed by atoms with van der Waals surface area (Å²) >= 11 is 0. The van der Waals surface area contributed by atoms with Crippen molar-refractivity contribution in [2.75, 3.05) is 38.2 Å². The Morgan fingerprint density at radius 1 is 1.20 bits per heavy atom. The fraction of sp³-hybridized carbons (Fsp3) is 0.438. The van der Waals surface area contributed by atoms with Crippen LogP contribution in [0.5, 0.6) is 5.75 Å². The van der Waals surface area contributed by atoms with Crippen molar-refractivity contribution in [1.29, 1.82) is 0 Å². The zero-order valence-electron chi connectivity index (χ0n) is 11.7. The predicted molar refractivity (Wildman–Crippen MR) is 80.4 cm³/mol. The molecule has 1 aromatic heterocycles. The fourth-order valence-corrected chi connectivity index (χ4v) is 3.55. The first-order chi connectivity index (χ1) is 9.85. The lowest BCUT2D eigenvalue weighted by atomic mass is 10.0. The number of rotatable bonds is 2. The lowest BCUT2D eigenvalue weighted by molar-refractivity contribution is 0.415. The van der Waals surface area contributed by atoms with Gasteiger partial charge in [-0.3, -0.25) is 0 Å². The lowest BCUT2D eigenvalue weighted by Gasteiger charge is -2.20. The summed E-state index contributed by atoms with van der Waals surface area (Å²) in [6, 6.07) is 8.29. The van der Waals surface area contributed by atoms with E-state index in [1.165, 1.54) is 10.8 Å². The van der Waals surface area contributed by atoms with Gasteiger partial charge in [-0.25, -0.2) is 4.98 Å². The zero-order valence-corrected chi connectivity index (χ0v) is 11.7. The molecule has 4 nitrogen and oxygen atoms in total. The highest BCUT2D eigenvalue weighted by atomic mass is 16.5. The average Bonchev–Trinajstić information content (AvgIpc) is 3.07. The number of nitrogens with one attached hydrogen (secondary N) is 1. The third-order valence-corrected chi connectivity index (χ3v) is 4.64. The highest BCUT2D eigenvalue weighted by Crippen LogP contribution is 2.34. The van der Waals surface area contributed by atoms with E-state index in [4.69, 9.17) is 4.74 Å². The molecule has 2 aliphatic rings. The van der Waals surface area contributed by atoms with Crippen molar-refractivity contribution in [3.8, 4) is 5.75 Å². The van der Waals surface area contributed by atoms with E-state index in [0.717, 1.165) is 49.6 Å². The van der Waals surface area contributed by atoms with Gasteiger partial charge in [0.25, 0.3) is 0 Å². The summed E-state index contributed by atoms with van der Waals surface area (Å²) in [5.74, 6) is 3.59. The summed E-state index contributed by atoms with van der Waals surface area (Å²) in [6.45, 7) is 4.55. The summed E-state index contributed by atoms with van der Waals surface area (Å²) < 4.78 is 5.31. The molecular weight excluding hydrogens is 250 g/mol. The molecule has 104 valence electrons. The van der Waals surface area contributed by atoms with Gasteiger partial charge in [0, 0.05) is 37.8 Å². The second-order valence-corrected chi connectivity index (χ2v) is 5.81. The molecule has 0 saturated carbocycles. The zero-order chi connectivity index (χ0) is 13.5. The molecule has 4 rings (SSSR count). The van der Waals surface area contributed by atoms with E-state index in [2.05, 4.69) is 33.4 Å². The van der Waals surface area contributed by atoms with Gasteiger partial charge >= 0.3 is 0 Å². The molecule has 2 unspecified atom stereocenters. The van der Waals surface area contributed by atoms with Crippen molar-refractivity contribution < 1.29 is 4.74 Å². The second kappa shape index (κ2) is 4.63. The van der Waals surface area contributed by atoms with Crippen molar-refractivity contribution in [2.45, 2.75) is 0 Å². The van der Waals surface area contributed by atoms with Crippen LogP contribution in [0.3, 0.4) is 0 Å². The summed E-state index contributed by atoms with van der Waals surface area (Å²) in [5.41, 5.74) is 0. The third-order valence-electron chi connectivity index (χ3n) is 4.64. The number of anilines is 1. The van der Waals surface area contributed by atoms with Crippen LogP contribution >= 0.6 is 0 Å². The Hall–Kier alpha value is -1.81. The van der Waals surface area contributed by atoms with Crippen LogP contribution in [0.1, 0.15) is 0 Å². The fourth-order valence-electron chi connectivity index (χ4n) is 3.55. The summed E-state index contributed by atoms with van der Waals surface area (Å²) in [4.78, 5) is 7.09. The number of hydrogen-bond donors (Lipinski definition) is 1. The molecule has 0 aliphatic carbocycles. The van der Waals surface area contributed by atoms with E-state index in [1.807, 2.05) is 12.3 Å². The van der Waals surface area contributed by atoms with Crippen LogP contribution in [0.15, 0.2) is 30.5 Å². The van der Waals surface area contributed by atoms with Gasteiger partial charge in [-0.2, -0.15) is 0 Å². The predicted octanol–water partition coefficient (Wildman–Crippen LogP) is 1.90. The van der Waals surface area contributed by atoms with E-state index < -0.39 is 0 Å². The molecule has 1 N–H and O–H groups in total. The quantitative estimate of drug-likeness (QED) is 0.903. The van der Waals surface area contributed by atoms with E-state index >= 15 is 0 Å². The van der Waals surface area contributed by atoms with Crippen LogP contribution in [-0.2, 0) is 0 Å². The molecule has 20 heavy (non-hydrogen) atoms. The van der Waals surface area contributed by atoms with Crippen molar-refractivity contribution in [3.63, 3.8) is 0 Å². The molecule has 2 aromatic rings. The summed E-state index contributed by atoms with van der Waals surface area (Å²) in [6.07, 6.45) is 1.91. The monoisotopic (exact) mass is 269 g/mol. The number of hydrogen-bond acceptors (Lipinski definition) is 4. The highest BCUT2D eigenvalue weighted by molar-refractivity contribution is 5.93. The first-order valence-electron chi connectivity index (χ1n) is 7.23. The van der Waals surface area contributed by atoms with Crippen molar-refractivity contribution in [3.05, 3.63) is 30.5 Å². The number of fused-ring (bicyclic) bond motifs is 2. The summed E-state index contributed by atoms with van der Waals surface area (Å²) in [5, 5.41) is 5.91. The van der Waals surface area contributed by atoms with Gasteiger partial charge in [-0.15, -0.1) is 0 Å². The number of benzene rings is 1. The number of ether oxygens (including phenoxy) is 1. The maximum absolute atomic E-state index is 5.31. The lowest BCUT2D eigenvalue weighted by Crippen LogP contribution is -2.26. The molecule has 0 radical (unpaired) electrons. The number of methoxy groups -OCH3 is 1. The normalized spacial score (nSPS) is 25.1. The SMILES string of the molecule is COc1ccc2c(N3CC4CNCC4C3)nccc2c1. The van der Waals surface area contributed by atoms with Gasteiger partial charge < -0.3 is 15.0 Å². The van der Waals surface area contributed by atoms with E-state index in [-0.39, 0.29) is 0 Å². The molecule has 4 heteroatoms. The van der Waals surface area contributed by atoms with Gasteiger partial charge in [-0.05, 0) is 41.5 Å². The van der Waals surface area contributed by atoms with Crippen LogP contribution < -0.4 is 15.0 Å². The average molecular weight is 269 g/mol. The first-order valence-corrected chi connectivity index (χ1v) is 7.23. The Kier molecular flexibility index (Phi) is 2.77. The number of pyridine rings is 1. The van der Waals surface area contributed by atoms with Crippen LogP contribution in [0.25, 0.3) is 10.8 Å². The molecule has 0 bridgehead atoms. The van der Waals surface area contributed by atoms with Crippen molar-refractivity contribution in [2.24, 2.45) is 11.8 Å². The van der Waals surface area contributed by atoms with Crippen molar-refractivity contribution >= 4 is 16.6 Å². The minimum Gasteiger partial charge on any atom is -0.497 e. The third kappa shape index (κ3) is 1.83. The number of nitrogens with zero attached hydrogens (tertiary/aromatic N) is 2. The maximum Gasteiger partial charge on any atom is 0.136 e. The molecular formula is C16H19N3O. The molecule has 2 aliphatic heterocycles. The van der Waals surface area contributed by atoms with Gasteiger partial charge in [-0.1, -0.05) is 0 Å². The van der Waals surface area contributed by atoms with Crippen LogP contribution in [0, 0.1) is 11.8 Å². The van der Waals surface area contributed by atoms with E-state index in [0.29, 0.717) is 0 Å². The number of aromatic nitrogens is 1. The molecule has 0 amide bonds. The topological polar surface area (TPSA) is 37.4 Å². The Morgan fingerprint density at radius 2 is 2.00 bits per heavy atom. The highest BCUT2D eigenvalue weighted by Gasteiger charge is 2.36. The minimum absolute atomic E-state index is 0.783. The molecule has 2 saturated heterocycles. The van der Waals surface area contributed by atoms with Gasteiger partial charge in [0.1, 0.15) is 11.6 Å². The Labute approximate surface area is 118 Å². The Morgan fingerprint density at radius 3 is 2.75 bits per heavy atom. The molecule has 0 spiro atoms. The molecule has 3 heterocycles. The molecule has 1 aromatic carbocycles. The van der Waals surface area contributed by atoms with Gasteiger partial charge in [0.05, 0.1) is 7.11 Å². The van der Waals surface area contributed by atoms with Crippen LogP contribution in [0.2, 0.25) is 0 Å². The van der Waals surface area contributed by atoms with Gasteiger partial charge in [0.15, 0.2) is 0 Å². The summed E-state index contributed by atoms with van der Waals surface area (Å²) in [7, 11) is 1.71. The van der Waals surface area contributed by atoms with Crippen LogP contribution in [0.4, 0.5) is 5.82 Å². The standard InChI is InChI=1S/C16H19N3O/c1-20-14-2-3-15-11(6-14)4-5-18-16(15)19-9-12-7-17-8-13(12)10-19/h2-6,12-13,17H,7-10H2,1H3. The Balaban J connectivity index is 1.73. The van der Waals surface area contributed by atoms with Crippen molar-refractivity contribution in [1.82, 2.24) is 10.3 Å². The first kappa shape index (κ1) is 12.0. The largest absolute Gasteiger partial charge is 0.497 e. The molecule has 2 fully saturated rings. The Bertz CT molecular complexity index is 631. The maximum atomic E-state index is 5.31. The smallest absolute Gasteiger partial charge is 0.136 e. The van der Waals surface area contributed by atoms with E-state index in [9.17, 15) is 0 Å². The second-order valence-electron chi connectivity index (χ2n) is 5.81. The van der Waals surface area contributed by atoms with E-state index in [1.54, 1.807) is 7.11 Å². The minimum atomic E-state index is 0.783. The van der Waals surface area contributed by atoms with Crippen LogP contribution in [-0.4, -0.2) is 38.3 Å².